The summed E-state index contributed by atoms with van der Waals surface area (Å²) in [6.45, 7) is 5.98. The summed E-state index contributed by atoms with van der Waals surface area (Å²) in [5, 5.41) is 0.712. The lowest BCUT2D eigenvalue weighted by molar-refractivity contribution is -0.133. The predicted octanol–water partition coefficient (Wildman–Crippen LogP) is 4.00. The average molecular weight is 433 g/mol. The molecule has 2 aromatic carbocycles. The van der Waals surface area contributed by atoms with Gasteiger partial charge >= 0.3 is 0 Å². The second-order valence-corrected chi connectivity index (χ2v) is 8.06. The molecule has 29 heavy (non-hydrogen) atoms. The van der Waals surface area contributed by atoms with Crippen molar-refractivity contribution in [1.82, 2.24) is 9.80 Å². The second kappa shape index (κ2) is 9.55. The van der Waals surface area contributed by atoms with Gasteiger partial charge in [-0.05, 0) is 55.7 Å². The van der Waals surface area contributed by atoms with Crippen molar-refractivity contribution in [3.05, 3.63) is 58.1 Å². The molecule has 0 bridgehead atoms. The Hall–Kier alpha value is -2.18. The van der Waals surface area contributed by atoms with Crippen molar-refractivity contribution in [2.24, 2.45) is 0 Å². The maximum Gasteiger partial charge on any atom is 0.260 e. The number of hydrogen-bond donors (Lipinski definition) is 1. The van der Waals surface area contributed by atoms with Crippen molar-refractivity contribution >= 4 is 36.0 Å². The van der Waals surface area contributed by atoms with Crippen LogP contribution >= 0.6 is 24.2 Å². The van der Waals surface area contributed by atoms with E-state index in [1.165, 1.54) is 0 Å². The molecule has 154 valence electrons. The van der Waals surface area contributed by atoms with Gasteiger partial charge in [-0.15, -0.1) is 12.6 Å². The minimum absolute atomic E-state index is 0.0338. The molecule has 5 nitrogen and oxygen atoms in total. The molecule has 1 saturated heterocycles. The zero-order valence-corrected chi connectivity index (χ0v) is 18.3. The van der Waals surface area contributed by atoms with Gasteiger partial charge in [0, 0.05) is 36.1 Å². The molecule has 3 rings (SSSR count). The molecule has 0 spiro atoms. The molecular weight excluding hydrogens is 408 g/mol. The lowest BCUT2D eigenvalue weighted by Crippen LogP contribution is -2.39. The number of ether oxygens (including phenoxy) is 1. The summed E-state index contributed by atoms with van der Waals surface area (Å²) in [5.74, 6) is 0.502. The minimum Gasteiger partial charge on any atom is -0.484 e. The first-order valence-electron chi connectivity index (χ1n) is 9.61. The molecule has 0 radical (unpaired) electrons. The molecule has 1 heterocycles. The Morgan fingerprint density at radius 2 is 1.66 bits per heavy atom. The quantitative estimate of drug-likeness (QED) is 0.743. The SMILES string of the molecule is Cc1cc(OCC(=O)N2CCCN(C(=O)c3ccccc3S)CC2)cc(C)c1Cl. The highest BCUT2D eigenvalue weighted by molar-refractivity contribution is 7.80. The number of nitrogens with zero attached hydrogens (tertiary/aromatic N) is 2. The Labute approximate surface area is 182 Å². The number of aryl methyl sites for hydroxylation is 2. The molecule has 0 saturated carbocycles. The Morgan fingerprint density at radius 3 is 2.34 bits per heavy atom. The molecule has 0 atom stereocenters. The first-order valence-corrected chi connectivity index (χ1v) is 10.4. The molecule has 0 unspecified atom stereocenters. The van der Waals surface area contributed by atoms with Gasteiger partial charge in [-0.25, -0.2) is 0 Å². The molecule has 7 heteroatoms. The molecule has 2 amide bonds. The summed E-state index contributed by atoms with van der Waals surface area (Å²) < 4.78 is 5.70. The largest absolute Gasteiger partial charge is 0.484 e. The highest BCUT2D eigenvalue weighted by Gasteiger charge is 2.24. The number of carbonyl (C=O) groups is 2. The van der Waals surface area contributed by atoms with Gasteiger partial charge in [-0.1, -0.05) is 23.7 Å². The highest BCUT2D eigenvalue weighted by Crippen LogP contribution is 2.26. The van der Waals surface area contributed by atoms with Crippen LogP contribution in [-0.2, 0) is 4.79 Å². The number of thiol groups is 1. The van der Waals surface area contributed by atoms with Crippen LogP contribution in [0.5, 0.6) is 5.75 Å². The lowest BCUT2D eigenvalue weighted by atomic mass is 10.1. The first kappa shape index (κ1) is 21.5. The van der Waals surface area contributed by atoms with Crippen LogP contribution in [0.15, 0.2) is 41.3 Å². The zero-order chi connectivity index (χ0) is 21.0. The minimum atomic E-state index is -0.0841. The Kier molecular flexibility index (Phi) is 7.09. The number of benzene rings is 2. The molecule has 0 N–H and O–H groups in total. The highest BCUT2D eigenvalue weighted by atomic mass is 35.5. The van der Waals surface area contributed by atoms with Gasteiger partial charge in [0.2, 0.25) is 0 Å². The fourth-order valence-electron chi connectivity index (χ4n) is 3.42. The number of hydrogen-bond acceptors (Lipinski definition) is 4. The number of carbonyl (C=O) groups excluding carboxylic acids is 2. The zero-order valence-electron chi connectivity index (χ0n) is 16.7. The van der Waals surface area contributed by atoms with Gasteiger partial charge in [0.05, 0.1) is 5.56 Å². The first-order chi connectivity index (χ1) is 13.9. The van der Waals surface area contributed by atoms with Crippen LogP contribution in [0.2, 0.25) is 5.02 Å². The molecule has 2 aromatic rings. The van der Waals surface area contributed by atoms with Crippen molar-refractivity contribution in [1.29, 1.82) is 0 Å². The van der Waals surface area contributed by atoms with Gasteiger partial charge < -0.3 is 14.5 Å². The van der Waals surface area contributed by atoms with Crippen LogP contribution in [0.25, 0.3) is 0 Å². The van der Waals surface area contributed by atoms with Crippen molar-refractivity contribution in [2.75, 3.05) is 32.8 Å². The van der Waals surface area contributed by atoms with Crippen molar-refractivity contribution in [3.8, 4) is 5.75 Å². The molecular formula is C22H25ClN2O3S. The summed E-state index contributed by atoms with van der Waals surface area (Å²) in [6.07, 6.45) is 0.728. The summed E-state index contributed by atoms with van der Waals surface area (Å²) >= 11 is 10.6. The normalized spacial score (nSPS) is 14.5. The monoisotopic (exact) mass is 432 g/mol. The van der Waals surface area contributed by atoms with Gasteiger partial charge in [-0.2, -0.15) is 0 Å². The number of amides is 2. The average Bonchev–Trinajstić information content (AvgIpc) is 2.96. The van der Waals surface area contributed by atoms with E-state index >= 15 is 0 Å². The van der Waals surface area contributed by atoms with Gasteiger partial charge in [0.1, 0.15) is 5.75 Å². The number of rotatable bonds is 4. The lowest BCUT2D eigenvalue weighted by Gasteiger charge is -2.23. The Morgan fingerprint density at radius 1 is 1.03 bits per heavy atom. The van der Waals surface area contributed by atoms with Crippen LogP contribution in [0, 0.1) is 13.8 Å². The fraction of sp³-hybridized carbons (Fsp3) is 0.364. The van der Waals surface area contributed by atoms with E-state index in [-0.39, 0.29) is 18.4 Å². The topological polar surface area (TPSA) is 49.9 Å². The van der Waals surface area contributed by atoms with Crippen molar-refractivity contribution < 1.29 is 14.3 Å². The van der Waals surface area contributed by atoms with E-state index in [4.69, 9.17) is 16.3 Å². The van der Waals surface area contributed by atoms with Crippen molar-refractivity contribution in [3.63, 3.8) is 0 Å². The van der Waals surface area contributed by atoms with E-state index in [2.05, 4.69) is 12.6 Å². The smallest absolute Gasteiger partial charge is 0.260 e. The van der Waals surface area contributed by atoms with E-state index in [1.807, 2.05) is 44.2 Å². The van der Waals surface area contributed by atoms with E-state index in [1.54, 1.807) is 15.9 Å². The second-order valence-electron chi connectivity index (χ2n) is 7.20. The van der Waals surface area contributed by atoms with Crippen LogP contribution < -0.4 is 4.74 Å². The molecule has 0 aromatic heterocycles. The molecule has 1 fully saturated rings. The summed E-state index contributed by atoms with van der Waals surface area (Å²) in [7, 11) is 0. The molecule has 1 aliphatic heterocycles. The predicted molar refractivity (Wildman–Crippen MR) is 117 cm³/mol. The number of halogens is 1. The fourth-order valence-corrected chi connectivity index (χ4v) is 3.79. The third-order valence-corrected chi connectivity index (χ3v) is 6.03. The molecule has 1 aliphatic rings. The Bertz CT molecular complexity index is 896. The third kappa shape index (κ3) is 5.25. The van der Waals surface area contributed by atoms with E-state index in [0.717, 1.165) is 17.5 Å². The van der Waals surface area contributed by atoms with Crippen LogP contribution in [-0.4, -0.2) is 54.4 Å². The van der Waals surface area contributed by atoms with Crippen LogP contribution in [0.4, 0.5) is 0 Å². The molecule has 0 aliphatic carbocycles. The van der Waals surface area contributed by atoms with Gasteiger partial charge in [0.25, 0.3) is 11.8 Å². The summed E-state index contributed by atoms with van der Waals surface area (Å²) in [4.78, 5) is 29.6. The van der Waals surface area contributed by atoms with Crippen LogP contribution in [0.3, 0.4) is 0 Å². The third-order valence-electron chi connectivity index (χ3n) is 5.04. The maximum absolute atomic E-state index is 12.8. The van der Waals surface area contributed by atoms with E-state index in [0.29, 0.717) is 47.4 Å². The summed E-state index contributed by atoms with van der Waals surface area (Å²) in [5.41, 5.74) is 2.43. The van der Waals surface area contributed by atoms with E-state index in [9.17, 15) is 9.59 Å². The standard InChI is InChI=1S/C22H25ClN2O3S/c1-15-12-17(13-16(2)21(15)23)28-14-20(26)24-8-5-9-25(11-10-24)22(27)18-6-3-4-7-19(18)29/h3-4,6-7,12-13,29H,5,8-11,14H2,1-2H3. The summed E-state index contributed by atoms with van der Waals surface area (Å²) in [6, 6.07) is 10.9. The van der Waals surface area contributed by atoms with E-state index < -0.39 is 0 Å². The van der Waals surface area contributed by atoms with Crippen LogP contribution in [0.1, 0.15) is 27.9 Å². The van der Waals surface area contributed by atoms with Crippen molar-refractivity contribution in [2.45, 2.75) is 25.2 Å². The Balaban J connectivity index is 1.57. The van der Waals surface area contributed by atoms with Gasteiger partial charge in [0.15, 0.2) is 6.61 Å². The maximum atomic E-state index is 12.8. The van der Waals surface area contributed by atoms with Gasteiger partial charge in [-0.3, -0.25) is 9.59 Å².